The Morgan fingerprint density at radius 1 is 0.655 bits per heavy atom. The number of carboxylic acid groups (broad SMARTS) is 1. The van der Waals surface area contributed by atoms with Gasteiger partial charge in [-0.3, -0.25) is 9.59 Å². The van der Waals surface area contributed by atoms with Gasteiger partial charge in [-0.25, -0.2) is 4.79 Å². The van der Waals surface area contributed by atoms with E-state index < -0.39 is 11.5 Å². The van der Waals surface area contributed by atoms with Crippen molar-refractivity contribution in [1.82, 2.24) is 9.80 Å². The second kappa shape index (κ2) is 29.4. The number of nitrogens with zero attached hydrogens (tertiary/aromatic N) is 4. The largest absolute Gasteiger partial charge is 0.493 e. The number of ether oxygens (including phenoxy) is 2. The number of carbonyl (C=O) groups is 3. The van der Waals surface area contributed by atoms with Gasteiger partial charge in [-0.05, 0) is 133 Å². The lowest BCUT2D eigenvalue weighted by Gasteiger charge is -2.29. The molecule has 2 amide bonds. The van der Waals surface area contributed by atoms with E-state index in [0.717, 1.165) is 138 Å². The second-order valence-electron chi connectivity index (χ2n) is 24.3. The Kier molecular flexibility index (Phi) is 21.1. The Labute approximate surface area is 520 Å². The van der Waals surface area contributed by atoms with Crippen LogP contribution < -0.4 is 14.4 Å². The van der Waals surface area contributed by atoms with E-state index in [1.807, 2.05) is 34.1 Å². The van der Waals surface area contributed by atoms with Gasteiger partial charge in [0, 0.05) is 64.6 Å². The van der Waals surface area contributed by atoms with E-state index in [2.05, 4.69) is 119 Å². The van der Waals surface area contributed by atoms with Crippen molar-refractivity contribution in [2.45, 2.75) is 175 Å². The van der Waals surface area contributed by atoms with Crippen LogP contribution in [0.15, 0.2) is 130 Å². The first-order valence-corrected chi connectivity index (χ1v) is 33.6. The zero-order chi connectivity index (χ0) is 61.0. The number of fused-ring (bicyclic) bond motifs is 4. The van der Waals surface area contributed by atoms with Crippen LogP contribution in [0, 0.1) is 23.2 Å². The van der Waals surface area contributed by atoms with E-state index in [-0.39, 0.29) is 29.4 Å². The van der Waals surface area contributed by atoms with Crippen molar-refractivity contribution in [2.75, 3.05) is 31.2 Å². The maximum absolute atomic E-state index is 15.6. The summed E-state index contributed by atoms with van der Waals surface area (Å²) in [5, 5.41) is 18.8. The molecule has 6 aromatic rings. The zero-order valence-electron chi connectivity index (χ0n) is 52.1. The van der Waals surface area contributed by atoms with Crippen molar-refractivity contribution < 1.29 is 33.4 Å². The summed E-state index contributed by atoms with van der Waals surface area (Å²) in [5.41, 5.74) is 10.6. The van der Waals surface area contributed by atoms with Crippen LogP contribution in [0.5, 0.6) is 11.5 Å². The highest BCUT2D eigenvalue weighted by Gasteiger charge is 2.50. The minimum absolute atomic E-state index is 0.129. The van der Waals surface area contributed by atoms with Gasteiger partial charge in [-0.1, -0.05) is 167 Å². The molecule has 2 aromatic heterocycles. The number of thiophene rings is 1. The van der Waals surface area contributed by atoms with Gasteiger partial charge in [-0.15, -0.1) is 11.3 Å². The molecule has 4 aromatic carbocycles. The third kappa shape index (κ3) is 13.7. The van der Waals surface area contributed by atoms with Crippen molar-refractivity contribution in [3.05, 3.63) is 148 Å². The number of amides is 2. The predicted molar refractivity (Wildman–Crippen MR) is 353 cm³/mol. The van der Waals surface area contributed by atoms with Crippen LogP contribution in [-0.4, -0.2) is 65.0 Å². The highest BCUT2D eigenvalue weighted by Crippen LogP contribution is 2.55. The summed E-state index contributed by atoms with van der Waals surface area (Å²) in [6.07, 6.45) is 21.9. The van der Waals surface area contributed by atoms with E-state index in [1.54, 1.807) is 29.5 Å². The lowest BCUT2D eigenvalue weighted by Crippen LogP contribution is -2.34. The summed E-state index contributed by atoms with van der Waals surface area (Å²) in [4.78, 5) is 51.2. The maximum atomic E-state index is 15.6. The van der Waals surface area contributed by atoms with Gasteiger partial charge in [0.1, 0.15) is 34.7 Å². The average Bonchev–Trinajstić information content (AvgIpc) is 1.67. The molecule has 12 heteroatoms. The quantitative estimate of drug-likeness (QED) is 0.0249. The highest BCUT2D eigenvalue weighted by molar-refractivity contribution is 7.16. The fourth-order valence-corrected chi connectivity index (χ4v) is 14.5. The summed E-state index contributed by atoms with van der Waals surface area (Å²) in [6, 6.07) is 39.9. The smallest absolute Gasteiger partial charge is 0.346 e. The Morgan fingerprint density at radius 3 is 1.91 bits per heavy atom. The van der Waals surface area contributed by atoms with E-state index in [9.17, 15) is 15.2 Å². The molecular formula is C75H88N4O7S. The molecule has 1 saturated carbocycles. The van der Waals surface area contributed by atoms with Crippen molar-refractivity contribution in [3.63, 3.8) is 0 Å². The molecule has 5 heterocycles. The number of unbranched alkanes of at least 4 members (excludes halogenated alkanes) is 8. The molecule has 1 aliphatic carbocycles. The summed E-state index contributed by atoms with van der Waals surface area (Å²) in [6.45, 7) is 15.7. The Morgan fingerprint density at radius 2 is 1.26 bits per heavy atom. The number of aliphatic carboxylic acids is 1. The summed E-state index contributed by atoms with van der Waals surface area (Å²) in [5.74, 6) is 1.79. The molecule has 456 valence electrons. The van der Waals surface area contributed by atoms with Gasteiger partial charge in [0.05, 0.1) is 40.6 Å². The van der Waals surface area contributed by atoms with Gasteiger partial charge in [0.15, 0.2) is 0 Å². The molecule has 4 atom stereocenters. The highest BCUT2D eigenvalue weighted by atomic mass is 32.1. The molecule has 4 unspecified atom stereocenters. The SMILES string of the molecule is CCCCCCOc1ccc(-c2ccc(N3c4ccc(-c5ccc(C6=C7C(=O)N(CC(CC)CCCC)C(c8ccc(-c9ccc(/C=C(\C#N)C(=O)O)o9)cc8)=C7C(=O)N6CC(CC)CCCC)s5)cc4C4CCCC43)cc2)c(OCCCCCC)c1. The molecule has 11 nitrogen and oxygen atoms in total. The van der Waals surface area contributed by atoms with Crippen LogP contribution in [0.25, 0.3) is 50.4 Å². The molecular weight excluding hydrogens is 1100 g/mol. The van der Waals surface area contributed by atoms with Crippen LogP contribution >= 0.6 is 11.3 Å². The third-order valence-electron chi connectivity index (χ3n) is 18.4. The summed E-state index contributed by atoms with van der Waals surface area (Å²) >= 11 is 1.67. The molecule has 0 bridgehead atoms. The van der Waals surface area contributed by atoms with E-state index >= 15 is 9.59 Å². The Hall–Kier alpha value is -7.62. The minimum atomic E-state index is -1.33. The number of carbonyl (C=O) groups excluding carboxylic acids is 2. The molecule has 4 aliphatic rings. The second-order valence-corrected chi connectivity index (χ2v) is 25.4. The first-order chi connectivity index (χ1) is 42.5. The Balaban J connectivity index is 0.980. The van der Waals surface area contributed by atoms with Crippen LogP contribution in [-0.2, 0) is 14.4 Å². The number of anilines is 2. The van der Waals surface area contributed by atoms with Crippen LogP contribution in [0.3, 0.4) is 0 Å². The molecule has 0 saturated heterocycles. The molecule has 10 rings (SSSR count). The van der Waals surface area contributed by atoms with Gasteiger partial charge in [0.25, 0.3) is 11.8 Å². The first-order valence-electron chi connectivity index (χ1n) is 32.7. The average molecular weight is 1190 g/mol. The maximum Gasteiger partial charge on any atom is 0.346 e. The van der Waals surface area contributed by atoms with Crippen molar-refractivity contribution in [3.8, 4) is 50.5 Å². The van der Waals surface area contributed by atoms with Crippen molar-refractivity contribution >= 4 is 58.0 Å². The zero-order valence-corrected chi connectivity index (χ0v) is 53.0. The molecule has 0 radical (unpaired) electrons. The molecule has 3 aliphatic heterocycles. The molecule has 1 N–H and O–H groups in total. The number of furan rings is 1. The summed E-state index contributed by atoms with van der Waals surface area (Å²) < 4.78 is 18.8. The summed E-state index contributed by atoms with van der Waals surface area (Å²) in [7, 11) is 0. The number of hydrogen-bond donors (Lipinski definition) is 1. The van der Waals surface area contributed by atoms with Crippen LogP contribution in [0.1, 0.15) is 191 Å². The number of nitriles is 1. The van der Waals surface area contributed by atoms with Gasteiger partial charge in [0.2, 0.25) is 0 Å². The molecule has 1 fully saturated rings. The third-order valence-corrected chi connectivity index (χ3v) is 19.6. The monoisotopic (exact) mass is 1190 g/mol. The normalized spacial score (nSPS) is 17.1. The predicted octanol–water partition coefficient (Wildman–Crippen LogP) is 19.3. The number of benzene rings is 4. The first kappa shape index (κ1) is 62.4. The van der Waals surface area contributed by atoms with E-state index in [1.165, 1.54) is 61.5 Å². The number of carboxylic acids is 1. The Bertz CT molecular complexity index is 3520. The minimum Gasteiger partial charge on any atom is -0.493 e. The van der Waals surface area contributed by atoms with Crippen LogP contribution in [0.4, 0.5) is 11.4 Å². The topological polar surface area (TPSA) is 137 Å². The molecule has 87 heavy (non-hydrogen) atoms. The van der Waals surface area contributed by atoms with Gasteiger partial charge in [-0.2, -0.15) is 5.26 Å². The fourth-order valence-electron chi connectivity index (χ4n) is 13.5. The van der Waals surface area contributed by atoms with Gasteiger partial charge >= 0.3 is 5.97 Å². The van der Waals surface area contributed by atoms with Crippen molar-refractivity contribution in [1.29, 1.82) is 5.26 Å². The van der Waals surface area contributed by atoms with E-state index in [0.29, 0.717) is 60.9 Å². The standard InChI is InChI=1S/C75H88N4O7S/c1-7-13-17-19-42-84-58-35-37-60(66(46-58)85-43-20-18-14-8-2)52-30-33-57(34-31-52)79-63-25-21-24-61(63)62-45-55(32-38-64(62)79)67-40-41-68(87-67)72-70-69(73(80)78(72)49-51(12-6)23-16-10-4)71(77(74(70)81)48-50(11-5)22-15-9-3)54-28-26-53(27-29-54)65-39-36-59(86-65)44-56(47-76)75(82)83/h26-41,44-46,50-51,61,63H,7-25,42-43,48-49H2,1-6H3,(H,82,83)/b56-44+. The van der Waals surface area contributed by atoms with Crippen molar-refractivity contribution in [2.24, 2.45) is 11.8 Å². The fraction of sp³-hybridized carbons (Fsp3) is 0.440. The lowest BCUT2D eigenvalue weighted by molar-refractivity contribution is -0.132. The lowest BCUT2D eigenvalue weighted by atomic mass is 9.95. The number of rotatable bonds is 32. The number of hydrogen-bond acceptors (Lipinski definition) is 9. The van der Waals surface area contributed by atoms with Crippen LogP contribution in [0.2, 0.25) is 0 Å². The molecule has 0 spiro atoms. The van der Waals surface area contributed by atoms with E-state index in [4.69, 9.17) is 13.9 Å². The van der Waals surface area contributed by atoms with Gasteiger partial charge < -0.3 is 33.7 Å².